The van der Waals surface area contributed by atoms with Crippen molar-refractivity contribution < 1.29 is 19.0 Å². The predicted molar refractivity (Wildman–Crippen MR) is 64.9 cm³/mol. The second-order valence-corrected chi connectivity index (χ2v) is 4.46. The fourth-order valence-corrected chi connectivity index (χ4v) is 1.80. The van der Waals surface area contributed by atoms with Gasteiger partial charge in [0, 0.05) is 20.1 Å². The quantitative estimate of drug-likeness (QED) is 0.336. The van der Waals surface area contributed by atoms with E-state index < -0.39 is 0 Å². The Morgan fingerprint density at radius 2 is 1.94 bits per heavy atom. The highest BCUT2D eigenvalue weighted by Gasteiger charge is 2.37. The third kappa shape index (κ3) is 6.64. The van der Waals surface area contributed by atoms with Gasteiger partial charge in [0.05, 0.1) is 6.10 Å². The summed E-state index contributed by atoms with van der Waals surface area (Å²) in [5.74, 6) is -0.0953. The molecule has 1 fully saturated rings. The Morgan fingerprint density at radius 3 is 2.59 bits per heavy atom. The SMILES string of the molecule is CCC1OC1COC(=O)CCCCCCOC. The summed E-state index contributed by atoms with van der Waals surface area (Å²) >= 11 is 0. The maximum Gasteiger partial charge on any atom is 0.305 e. The molecular formula is C13H24O4. The normalized spacial score (nSPS) is 22.5. The monoisotopic (exact) mass is 244 g/mol. The van der Waals surface area contributed by atoms with Crippen LogP contribution in [0.15, 0.2) is 0 Å². The van der Waals surface area contributed by atoms with E-state index in [-0.39, 0.29) is 12.1 Å². The number of ether oxygens (including phenoxy) is 3. The molecule has 0 spiro atoms. The predicted octanol–water partition coefficient (Wildman–Crippen LogP) is 2.30. The summed E-state index contributed by atoms with van der Waals surface area (Å²) in [6.45, 7) is 3.31. The van der Waals surface area contributed by atoms with Gasteiger partial charge in [0.15, 0.2) is 0 Å². The van der Waals surface area contributed by atoms with Crippen LogP contribution < -0.4 is 0 Å². The third-order valence-electron chi connectivity index (χ3n) is 2.98. The van der Waals surface area contributed by atoms with Crippen LogP contribution in [0.5, 0.6) is 0 Å². The molecule has 2 atom stereocenters. The van der Waals surface area contributed by atoms with Crippen molar-refractivity contribution in [2.24, 2.45) is 0 Å². The Morgan fingerprint density at radius 1 is 1.18 bits per heavy atom. The summed E-state index contributed by atoms with van der Waals surface area (Å²) in [5, 5.41) is 0. The van der Waals surface area contributed by atoms with Gasteiger partial charge in [-0.3, -0.25) is 4.79 Å². The summed E-state index contributed by atoms with van der Waals surface area (Å²) in [6, 6.07) is 0. The molecule has 1 rings (SSSR count). The molecule has 0 amide bonds. The largest absolute Gasteiger partial charge is 0.463 e. The number of esters is 1. The summed E-state index contributed by atoms with van der Waals surface area (Å²) in [4.78, 5) is 11.4. The highest BCUT2D eigenvalue weighted by atomic mass is 16.6. The van der Waals surface area contributed by atoms with Crippen LogP contribution in [0.3, 0.4) is 0 Å². The molecule has 1 heterocycles. The first kappa shape index (κ1) is 14.5. The topological polar surface area (TPSA) is 48.1 Å². The highest BCUT2D eigenvalue weighted by molar-refractivity contribution is 5.69. The Labute approximate surface area is 104 Å². The van der Waals surface area contributed by atoms with E-state index in [1.165, 1.54) is 0 Å². The fourth-order valence-electron chi connectivity index (χ4n) is 1.80. The summed E-state index contributed by atoms with van der Waals surface area (Å²) in [5.41, 5.74) is 0. The van der Waals surface area contributed by atoms with Crippen molar-refractivity contribution in [3.05, 3.63) is 0 Å². The molecule has 0 bridgehead atoms. The molecular weight excluding hydrogens is 220 g/mol. The van der Waals surface area contributed by atoms with Crippen molar-refractivity contribution >= 4 is 5.97 Å². The number of hydrogen-bond acceptors (Lipinski definition) is 4. The minimum Gasteiger partial charge on any atom is -0.463 e. The van der Waals surface area contributed by atoms with E-state index in [1.807, 2.05) is 0 Å². The van der Waals surface area contributed by atoms with E-state index in [9.17, 15) is 4.79 Å². The zero-order chi connectivity index (χ0) is 12.5. The second kappa shape index (κ2) is 8.48. The number of unbranched alkanes of at least 4 members (excludes halogenated alkanes) is 3. The first-order valence-electron chi connectivity index (χ1n) is 6.58. The first-order valence-corrected chi connectivity index (χ1v) is 6.58. The van der Waals surface area contributed by atoms with Crippen molar-refractivity contribution in [1.82, 2.24) is 0 Å². The zero-order valence-corrected chi connectivity index (χ0v) is 10.9. The van der Waals surface area contributed by atoms with Gasteiger partial charge in [-0.2, -0.15) is 0 Å². The van der Waals surface area contributed by atoms with Gasteiger partial charge in [0.2, 0.25) is 0 Å². The van der Waals surface area contributed by atoms with Crippen LogP contribution in [0.2, 0.25) is 0 Å². The van der Waals surface area contributed by atoms with E-state index in [4.69, 9.17) is 14.2 Å². The molecule has 0 N–H and O–H groups in total. The van der Waals surface area contributed by atoms with Crippen LogP contribution in [-0.4, -0.2) is 38.5 Å². The molecule has 4 nitrogen and oxygen atoms in total. The molecule has 0 aromatic rings. The average molecular weight is 244 g/mol. The number of carbonyl (C=O) groups is 1. The lowest BCUT2D eigenvalue weighted by atomic mass is 10.1. The molecule has 0 radical (unpaired) electrons. The summed E-state index contributed by atoms with van der Waals surface area (Å²) in [7, 11) is 1.71. The van der Waals surface area contributed by atoms with E-state index in [0.717, 1.165) is 38.7 Å². The van der Waals surface area contributed by atoms with Crippen molar-refractivity contribution in [2.45, 2.75) is 57.7 Å². The smallest absolute Gasteiger partial charge is 0.305 e. The van der Waals surface area contributed by atoms with Crippen LogP contribution in [-0.2, 0) is 19.0 Å². The van der Waals surface area contributed by atoms with Crippen molar-refractivity contribution in [3.8, 4) is 0 Å². The number of epoxide rings is 1. The molecule has 0 aromatic heterocycles. The van der Waals surface area contributed by atoms with Gasteiger partial charge >= 0.3 is 5.97 Å². The van der Waals surface area contributed by atoms with Crippen molar-refractivity contribution in [2.75, 3.05) is 20.3 Å². The van der Waals surface area contributed by atoms with Gasteiger partial charge in [-0.05, 0) is 19.3 Å². The summed E-state index contributed by atoms with van der Waals surface area (Å²) < 4.78 is 15.4. The standard InChI is InChI=1S/C13H24O4/c1-3-11-12(17-11)10-16-13(14)8-6-4-5-7-9-15-2/h11-12H,3-10H2,1-2H3. The molecule has 1 saturated heterocycles. The maximum atomic E-state index is 11.4. The van der Waals surface area contributed by atoms with E-state index >= 15 is 0 Å². The Hall–Kier alpha value is -0.610. The molecule has 2 unspecified atom stereocenters. The van der Waals surface area contributed by atoms with Crippen LogP contribution in [0, 0.1) is 0 Å². The number of hydrogen-bond donors (Lipinski definition) is 0. The molecule has 100 valence electrons. The first-order chi connectivity index (χ1) is 8.27. The number of rotatable bonds is 10. The molecule has 1 aliphatic rings. The third-order valence-corrected chi connectivity index (χ3v) is 2.98. The second-order valence-electron chi connectivity index (χ2n) is 4.46. The van der Waals surface area contributed by atoms with Gasteiger partial charge in [0.1, 0.15) is 12.7 Å². The lowest BCUT2D eigenvalue weighted by Crippen LogP contribution is -2.11. The highest BCUT2D eigenvalue weighted by Crippen LogP contribution is 2.25. The molecule has 17 heavy (non-hydrogen) atoms. The van der Waals surface area contributed by atoms with E-state index in [0.29, 0.717) is 19.1 Å². The molecule has 0 saturated carbocycles. The lowest BCUT2D eigenvalue weighted by molar-refractivity contribution is -0.144. The Balaban J connectivity index is 1.85. The van der Waals surface area contributed by atoms with E-state index in [2.05, 4.69) is 6.92 Å². The number of methoxy groups -OCH3 is 1. The molecule has 0 aromatic carbocycles. The van der Waals surface area contributed by atoms with Gasteiger partial charge < -0.3 is 14.2 Å². The molecule has 0 aliphatic carbocycles. The van der Waals surface area contributed by atoms with Gasteiger partial charge in [-0.1, -0.05) is 19.8 Å². The maximum absolute atomic E-state index is 11.4. The minimum atomic E-state index is -0.0953. The van der Waals surface area contributed by atoms with Crippen LogP contribution in [0.1, 0.15) is 45.4 Å². The van der Waals surface area contributed by atoms with Crippen molar-refractivity contribution in [1.29, 1.82) is 0 Å². The van der Waals surface area contributed by atoms with Gasteiger partial charge in [0.25, 0.3) is 0 Å². The molecule has 1 aliphatic heterocycles. The fraction of sp³-hybridized carbons (Fsp3) is 0.923. The number of carbonyl (C=O) groups excluding carboxylic acids is 1. The summed E-state index contributed by atoms with van der Waals surface area (Å²) in [6.07, 6.45) is 6.16. The van der Waals surface area contributed by atoms with Gasteiger partial charge in [-0.25, -0.2) is 0 Å². The zero-order valence-electron chi connectivity index (χ0n) is 10.9. The van der Waals surface area contributed by atoms with Crippen LogP contribution in [0.4, 0.5) is 0 Å². The van der Waals surface area contributed by atoms with Crippen LogP contribution in [0.25, 0.3) is 0 Å². The Bertz CT molecular complexity index is 217. The van der Waals surface area contributed by atoms with Crippen LogP contribution >= 0.6 is 0 Å². The molecule has 4 heteroatoms. The lowest BCUT2D eigenvalue weighted by Gasteiger charge is -2.03. The van der Waals surface area contributed by atoms with Crippen molar-refractivity contribution in [3.63, 3.8) is 0 Å². The Kier molecular flexibility index (Phi) is 7.21. The van der Waals surface area contributed by atoms with Gasteiger partial charge in [-0.15, -0.1) is 0 Å². The van der Waals surface area contributed by atoms with E-state index in [1.54, 1.807) is 7.11 Å². The minimum absolute atomic E-state index is 0.0953. The average Bonchev–Trinajstić information content (AvgIpc) is 3.09.